The van der Waals surface area contributed by atoms with E-state index in [1.165, 1.54) is 11.3 Å². The maximum Gasteiger partial charge on any atom is 0.268 e. The lowest BCUT2D eigenvalue weighted by Gasteiger charge is -2.16. The third-order valence-corrected chi connectivity index (χ3v) is 5.52. The van der Waals surface area contributed by atoms with Crippen molar-refractivity contribution < 1.29 is 9.53 Å². The monoisotopic (exact) mass is 382 g/mol. The van der Waals surface area contributed by atoms with E-state index in [4.69, 9.17) is 16.3 Å². The molecule has 0 aliphatic rings. The van der Waals surface area contributed by atoms with E-state index in [2.05, 4.69) is 4.98 Å². The molecule has 0 aliphatic carbocycles. The van der Waals surface area contributed by atoms with Gasteiger partial charge in [0, 0.05) is 28.5 Å². The molecule has 2 heterocycles. The summed E-state index contributed by atoms with van der Waals surface area (Å²) in [5.41, 5.74) is 1.67. The molecule has 1 amide bonds. The summed E-state index contributed by atoms with van der Waals surface area (Å²) in [5.74, 6) is 0.713. The van der Waals surface area contributed by atoms with Crippen molar-refractivity contribution in [2.45, 2.75) is 0 Å². The SMILES string of the molecule is COc1ccc2nc3sc(C(=O)N(C)c4ccc(Cl)cc4)cc3cc2c1. The Hall–Kier alpha value is -2.63. The van der Waals surface area contributed by atoms with Crippen LogP contribution in [0.15, 0.2) is 54.6 Å². The van der Waals surface area contributed by atoms with Crippen molar-refractivity contribution in [3.63, 3.8) is 0 Å². The van der Waals surface area contributed by atoms with Crippen LogP contribution in [0.1, 0.15) is 9.67 Å². The van der Waals surface area contributed by atoms with Crippen LogP contribution in [0, 0.1) is 0 Å². The molecule has 130 valence electrons. The number of nitrogens with zero attached hydrogens (tertiary/aromatic N) is 2. The highest BCUT2D eigenvalue weighted by Crippen LogP contribution is 2.30. The van der Waals surface area contributed by atoms with Gasteiger partial charge in [0.25, 0.3) is 5.91 Å². The Morgan fingerprint density at radius 1 is 1.08 bits per heavy atom. The van der Waals surface area contributed by atoms with Gasteiger partial charge in [-0.15, -0.1) is 11.3 Å². The first-order valence-electron chi connectivity index (χ1n) is 7.97. The molecular weight excluding hydrogens is 368 g/mol. The van der Waals surface area contributed by atoms with Gasteiger partial charge in [0.05, 0.1) is 17.5 Å². The molecule has 0 radical (unpaired) electrons. The molecule has 0 fully saturated rings. The molecule has 2 aromatic carbocycles. The van der Waals surface area contributed by atoms with E-state index in [9.17, 15) is 4.79 Å². The number of carbonyl (C=O) groups is 1. The van der Waals surface area contributed by atoms with Gasteiger partial charge < -0.3 is 9.64 Å². The van der Waals surface area contributed by atoms with Crippen molar-refractivity contribution in [1.29, 1.82) is 0 Å². The third kappa shape index (κ3) is 3.00. The minimum Gasteiger partial charge on any atom is -0.497 e. The fraction of sp³-hybridized carbons (Fsp3) is 0.100. The number of methoxy groups -OCH3 is 1. The van der Waals surface area contributed by atoms with E-state index in [0.717, 1.165) is 32.6 Å². The van der Waals surface area contributed by atoms with Gasteiger partial charge in [-0.05, 0) is 54.6 Å². The summed E-state index contributed by atoms with van der Waals surface area (Å²) in [4.78, 5) is 20.6. The average molecular weight is 383 g/mol. The maximum absolute atomic E-state index is 12.8. The highest BCUT2D eigenvalue weighted by molar-refractivity contribution is 7.20. The summed E-state index contributed by atoms with van der Waals surface area (Å²) in [6.07, 6.45) is 0. The summed E-state index contributed by atoms with van der Waals surface area (Å²) in [5, 5.41) is 2.58. The molecule has 0 N–H and O–H groups in total. The molecular formula is C20H15ClN2O2S. The fourth-order valence-electron chi connectivity index (χ4n) is 2.79. The largest absolute Gasteiger partial charge is 0.497 e. The Bertz CT molecular complexity index is 1120. The number of thiophene rings is 1. The predicted octanol–water partition coefficient (Wildman–Crippen LogP) is 5.39. The molecule has 4 aromatic rings. The number of halogens is 1. The third-order valence-electron chi connectivity index (χ3n) is 4.24. The molecule has 0 aliphatic heterocycles. The molecule has 6 heteroatoms. The number of hydrogen-bond donors (Lipinski definition) is 0. The predicted molar refractivity (Wildman–Crippen MR) is 108 cm³/mol. The summed E-state index contributed by atoms with van der Waals surface area (Å²) in [6, 6.07) is 16.9. The van der Waals surface area contributed by atoms with E-state index in [1.54, 1.807) is 31.2 Å². The van der Waals surface area contributed by atoms with Crippen molar-refractivity contribution in [2.75, 3.05) is 19.1 Å². The highest BCUT2D eigenvalue weighted by atomic mass is 35.5. The van der Waals surface area contributed by atoms with E-state index >= 15 is 0 Å². The Balaban J connectivity index is 1.72. The van der Waals surface area contributed by atoms with E-state index in [-0.39, 0.29) is 5.91 Å². The van der Waals surface area contributed by atoms with Gasteiger partial charge in [-0.1, -0.05) is 11.6 Å². The first kappa shape index (κ1) is 16.8. The van der Waals surface area contributed by atoms with Crippen molar-refractivity contribution in [1.82, 2.24) is 4.98 Å². The Morgan fingerprint density at radius 2 is 1.85 bits per heavy atom. The van der Waals surface area contributed by atoms with Crippen LogP contribution in [0.25, 0.3) is 21.1 Å². The molecule has 0 spiro atoms. The molecule has 0 unspecified atom stereocenters. The molecule has 2 aromatic heterocycles. The molecule has 0 saturated carbocycles. The zero-order valence-corrected chi connectivity index (χ0v) is 15.8. The molecule has 4 nitrogen and oxygen atoms in total. The number of anilines is 1. The highest BCUT2D eigenvalue weighted by Gasteiger charge is 2.17. The first-order valence-corrected chi connectivity index (χ1v) is 9.16. The van der Waals surface area contributed by atoms with Crippen LogP contribution in [-0.4, -0.2) is 25.0 Å². The number of aromatic nitrogens is 1. The van der Waals surface area contributed by atoms with Gasteiger partial charge in [-0.25, -0.2) is 4.98 Å². The van der Waals surface area contributed by atoms with Crippen LogP contribution in [0.5, 0.6) is 5.75 Å². The normalized spacial score (nSPS) is 11.0. The van der Waals surface area contributed by atoms with Crippen LogP contribution >= 0.6 is 22.9 Å². The van der Waals surface area contributed by atoms with Gasteiger partial charge in [-0.3, -0.25) is 4.79 Å². The standard InChI is InChI=1S/C20H15ClN2O2S/c1-23(15-5-3-14(21)4-6-15)20(24)18-11-13-9-12-10-16(25-2)7-8-17(12)22-19(13)26-18/h3-11H,1-2H3. The molecule has 0 saturated heterocycles. The summed E-state index contributed by atoms with van der Waals surface area (Å²) in [6.45, 7) is 0. The van der Waals surface area contributed by atoms with E-state index in [0.29, 0.717) is 9.90 Å². The second-order valence-electron chi connectivity index (χ2n) is 5.89. The minimum atomic E-state index is -0.0723. The average Bonchev–Trinajstić information content (AvgIpc) is 3.07. The first-order chi connectivity index (χ1) is 12.5. The van der Waals surface area contributed by atoms with Crippen LogP contribution in [0.2, 0.25) is 5.02 Å². The number of benzene rings is 2. The smallest absolute Gasteiger partial charge is 0.268 e. The zero-order chi connectivity index (χ0) is 18.3. The lowest BCUT2D eigenvalue weighted by molar-refractivity contribution is 0.0997. The van der Waals surface area contributed by atoms with Gasteiger partial charge in [-0.2, -0.15) is 0 Å². The topological polar surface area (TPSA) is 42.4 Å². The van der Waals surface area contributed by atoms with Gasteiger partial charge in [0.2, 0.25) is 0 Å². The zero-order valence-electron chi connectivity index (χ0n) is 14.2. The van der Waals surface area contributed by atoms with Crippen LogP contribution < -0.4 is 9.64 Å². The minimum absolute atomic E-state index is 0.0723. The fourth-order valence-corrected chi connectivity index (χ4v) is 3.92. The van der Waals surface area contributed by atoms with Crippen LogP contribution in [0.3, 0.4) is 0 Å². The second kappa shape index (κ2) is 6.59. The van der Waals surface area contributed by atoms with Gasteiger partial charge >= 0.3 is 0 Å². The quantitative estimate of drug-likeness (QED) is 0.477. The van der Waals surface area contributed by atoms with Crippen molar-refractivity contribution in [2.24, 2.45) is 0 Å². The number of pyridine rings is 1. The number of carbonyl (C=O) groups excluding carboxylic acids is 1. The summed E-state index contributed by atoms with van der Waals surface area (Å²) < 4.78 is 5.27. The van der Waals surface area contributed by atoms with Crippen LogP contribution in [-0.2, 0) is 0 Å². The Labute approximate surface area is 159 Å². The van der Waals surface area contributed by atoms with E-state index in [1.807, 2.05) is 42.5 Å². The number of fused-ring (bicyclic) bond motifs is 2. The number of ether oxygens (including phenoxy) is 1. The van der Waals surface area contributed by atoms with Crippen molar-refractivity contribution in [3.05, 3.63) is 64.5 Å². The summed E-state index contributed by atoms with van der Waals surface area (Å²) >= 11 is 7.32. The Morgan fingerprint density at radius 3 is 2.58 bits per heavy atom. The molecule has 4 rings (SSSR count). The van der Waals surface area contributed by atoms with Gasteiger partial charge in [0.1, 0.15) is 10.6 Å². The lowest BCUT2D eigenvalue weighted by Crippen LogP contribution is -2.25. The van der Waals surface area contributed by atoms with E-state index < -0.39 is 0 Å². The Kier molecular flexibility index (Phi) is 4.26. The second-order valence-corrected chi connectivity index (χ2v) is 7.36. The number of hydrogen-bond acceptors (Lipinski definition) is 4. The number of rotatable bonds is 3. The van der Waals surface area contributed by atoms with Crippen molar-refractivity contribution >= 4 is 55.7 Å². The van der Waals surface area contributed by atoms with Crippen LogP contribution in [0.4, 0.5) is 5.69 Å². The maximum atomic E-state index is 12.8. The lowest BCUT2D eigenvalue weighted by atomic mass is 10.2. The van der Waals surface area contributed by atoms with Gasteiger partial charge in [0.15, 0.2) is 0 Å². The number of amides is 1. The summed E-state index contributed by atoms with van der Waals surface area (Å²) in [7, 11) is 3.39. The molecule has 0 atom stereocenters. The van der Waals surface area contributed by atoms with Crippen molar-refractivity contribution in [3.8, 4) is 5.75 Å². The molecule has 0 bridgehead atoms. The molecule has 26 heavy (non-hydrogen) atoms.